The number of quaternary nitrogens is 2. The maximum Gasteiger partial charge on any atom is 0.125 e. The highest BCUT2D eigenvalue weighted by atomic mass is 16.5. The van der Waals surface area contributed by atoms with Crippen molar-refractivity contribution in [3.63, 3.8) is 0 Å². The zero-order chi connectivity index (χ0) is 12.3. The van der Waals surface area contributed by atoms with E-state index in [1.54, 1.807) is 0 Å². The van der Waals surface area contributed by atoms with Crippen molar-refractivity contribution in [2.45, 2.75) is 13.3 Å². The minimum atomic E-state index is 0.684. The summed E-state index contributed by atoms with van der Waals surface area (Å²) in [5.41, 5.74) is 3.80. The summed E-state index contributed by atoms with van der Waals surface area (Å²) in [4.78, 5) is 0. The molecule has 4 nitrogen and oxygen atoms in total. The number of hydrogen-bond donors (Lipinski definition) is 2. The third-order valence-corrected chi connectivity index (χ3v) is 2.35. The van der Waals surface area contributed by atoms with Crippen LogP contribution in [-0.4, -0.2) is 32.8 Å². The lowest BCUT2D eigenvalue weighted by Gasteiger charge is -2.08. The first kappa shape index (κ1) is 13.8. The van der Waals surface area contributed by atoms with Crippen LogP contribution >= 0.6 is 0 Å². The molecule has 1 rings (SSSR count). The average Bonchev–Trinajstić information content (AvgIpc) is 2.35. The molecule has 0 spiro atoms. The van der Waals surface area contributed by atoms with Crippen LogP contribution in [-0.2, 0) is 0 Å². The molecule has 1 aromatic rings. The second kappa shape index (κ2) is 8.84. The van der Waals surface area contributed by atoms with Crippen molar-refractivity contribution in [2.24, 2.45) is 0 Å². The van der Waals surface area contributed by atoms with Gasteiger partial charge in [-0.1, -0.05) is 6.07 Å². The first-order valence-electron chi connectivity index (χ1n) is 6.33. The molecular weight excluding hydrogens is 216 g/mol. The molecule has 0 heterocycles. The van der Waals surface area contributed by atoms with Gasteiger partial charge in [-0.25, -0.2) is 0 Å². The summed E-state index contributed by atoms with van der Waals surface area (Å²) < 4.78 is 11.1. The molecule has 0 radical (unpaired) electrons. The summed E-state index contributed by atoms with van der Waals surface area (Å²) in [7, 11) is 0. The molecule has 0 unspecified atom stereocenters. The monoisotopic (exact) mass is 240 g/mol. The summed E-state index contributed by atoms with van der Waals surface area (Å²) >= 11 is 0. The van der Waals surface area contributed by atoms with Crippen LogP contribution < -0.4 is 20.5 Å². The van der Waals surface area contributed by atoms with Crippen LogP contribution in [0.1, 0.15) is 13.3 Å². The average molecular weight is 240 g/mol. The predicted molar refractivity (Wildman–Crippen MR) is 67.1 cm³/mol. The summed E-state index contributed by atoms with van der Waals surface area (Å²) in [6.45, 7) is 6.59. The molecule has 0 amide bonds. The van der Waals surface area contributed by atoms with Crippen LogP contribution in [0.4, 0.5) is 0 Å². The van der Waals surface area contributed by atoms with Gasteiger partial charge in [-0.3, -0.25) is 0 Å². The minimum Gasteiger partial charge on any atom is -0.494 e. The van der Waals surface area contributed by atoms with Crippen molar-refractivity contribution < 1.29 is 20.5 Å². The van der Waals surface area contributed by atoms with E-state index in [1.807, 2.05) is 31.2 Å². The molecule has 4 heteroatoms. The highest BCUT2D eigenvalue weighted by Crippen LogP contribution is 2.19. The Morgan fingerprint density at radius 2 is 1.94 bits per heavy atom. The SMILES string of the molecule is CCOc1cccc(OCCC[NH2+]CC[NH3+])c1. The van der Waals surface area contributed by atoms with Gasteiger partial charge in [0, 0.05) is 12.5 Å². The molecule has 0 atom stereocenters. The van der Waals surface area contributed by atoms with Gasteiger partial charge in [0.1, 0.15) is 24.6 Å². The third kappa shape index (κ3) is 6.14. The minimum absolute atomic E-state index is 0.684. The molecule has 96 valence electrons. The lowest BCUT2D eigenvalue weighted by molar-refractivity contribution is -0.670. The van der Waals surface area contributed by atoms with Gasteiger partial charge in [0.25, 0.3) is 0 Å². The number of ether oxygens (including phenoxy) is 2. The van der Waals surface area contributed by atoms with Gasteiger partial charge in [-0.15, -0.1) is 0 Å². The van der Waals surface area contributed by atoms with E-state index in [9.17, 15) is 0 Å². The van der Waals surface area contributed by atoms with Crippen LogP contribution in [0.15, 0.2) is 24.3 Å². The van der Waals surface area contributed by atoms with Crippen molar-refractivity contribution in [1.29, 1.82) is 0 Å². The Kier molecular flexibility index (Phi) is 7.18. The van der Waals surface area contributed by atoms with Gasteiger partial charge in [-0.2, -0.15) is 0 Å². The summed E-state index contributed by atoms with van der Waals surface area (Å²) in [6, 6.07) is 7.79. The van der Waals surface area contributed by atoms with Crippen LogP contribution in [0.2, 0.25) is 0 Å². The first-order chi connectivity index (χ1) is 8.36. The fraction of sp³-hybridized carbons (Fsp3) is 0.538. The quantitative estimate of drug-likeness (QED) is 0.580. The Hall–Kier alpha value is -1.26. The maximum absolute atomic E-state index is 5.66. The zero-order valence-corrected chi connectivity index (χ0v) is 10.7. The number of nitrogens with two attached hydrogens (primary N) is 1. The maximum atomic E-state index is 5.66. The fourth-order valence-electron chi connectivity index (χ4n) is 1.53. The van der Waals surface area contributed by atoms with Gasteiger partial charge >= 0.3 is 0 Å². The summed E-state index contributed by atoms with van der Waals surface area (Å²) in [5, 5.41) is 2.27. The van der Waals surface area contributed by atoms with Gasteiger partial charge in [0.2, 0.25) is 0 Å². The summed E-state index contributed by atoms with van der Waals surface area (Å²) in [6.07, 6.45) is 1.05. The van der Waals surface area contributed by atoms with Crippen LogP contribution in [0.3, 0.4) is 0 Å². The predicted octanol–water partition coefficient (Wildman–Crippen LogP) is -0.340. The van der Waals surface area contributed by atoms with E-state index < -0.39 is 0 Å². The molecule has 0 saturated carbocycles. The van der Waals surface area contributed by atoms with E-state index in [-0.39, 0.29) is 0 Å². The molecule has 0 bridgehead atoms. The molecule has 0 saturated heterocycles. The van der Waals surface area contributed by atoms with E-state index in [1.165, 1.54) is 0 Å². The van der Waals surface area contributed by atoms with Crippen molar-refractivity contribution in [1.82, 2.24) is 0 Å². The summed E-state index contributed by atoms with van der Waals surface area (Å²) in [5.74, 6) is 1.75. The molecule has 0 fully saturated rings. The highest BCUT2D eigenvalue weighted by Gasteiger charge is 1.97. The van der Waals surface area contributed by atoms with Gasteiger partial charge in [0.05, 0.1) is 19.8 Å². The van der Waals surface area contributed by atoms with Crippen molar-refractivity contribution in [3.8, 4) is 11.5 Å². The van der Waals surface area contributed by atoms with Crippen molar-refractivity contribution >= 4 is 0 Å². The Morgan fingerprint density at radius 3 is 2.65 bits per heavy atom. The van der Waals surface area contributed by atoms with Crippen molar-refractivity contribution in [3.05, 3.63) is 24.3 Å². The molecule has 17 heavy (non-hydrogen) atoms. The topological polar surface area (TPSA) is 62.7 Å². The zero-order valence-electron chi connectivity index (χ0n) is 10.7. The smallest absolute Gasteiger partial charge is 0.125 e. The van der Waals surface area contributed by atoms with Crippen LogP contribution in [0, 0.1) is 0 Å². The van der Waals surface area contributed by atoms with Crippen LogP contribution in [0.25, 0.3) is 0 Å². The largest absolute Gasteiger partial charge is 0.494 e. The van der Waals surface area contributed by atoms with E-state index in [4.69, 9.17) is 9.47 Å². The molecule has 0 aromatic heterocycles. The Labute approximate surface area is 103 Å². The van der Waals surface area contributed by atoms with Gasteiger partial charge in [-0.05, 0) is 19.1 Å². The molecule has 0 aliphatic carbocycles. The molecule has 0 aliphatic rings. The lowest BCUT2D eigenvalue weighted by Crippen LogP contribution is -2.88. The normalized spacial score (nSPS) is 10.2. The van der Waals surface area contributed by atoms with Gasteiger partial charge in [0.15, 0.2) is 0 Å². The molecule has 1 aromatic carbocycles. The van der Waals surface area contributed by atoms with E-state index >= 15 is 0 Å². The second-order valence-corrected chi connectivity index (χ2v) is 3.83. The second-order valence-electron chi connectivity index (χ2n) is 3.83. The highest BCUT2D eigenvalue weighted by molar-refractivity contribution is 5.32. The number of benzene rings is 1. The molecule has 0 aliphatic heterocycles. The van der Waals surface area contributed by atoms with Crippen molar-refractivity contribution in [2.75, 3.05) is 32.8 Å². The number of hydrogen-bond acceptors (Lipinski definition) is 2. The Bertz CT molecular complexity index is 305. The molecule has 5 N–H and O–H groups in total. The standard InChI is InChI=1S/C13H22N2O2/c1-2-16-12-5-3-6-13(11-12)17-10-4-8-15-9-7-14/h3,5-6,11,15H,2,4,7-10,14H2,1H3/p+2. The molecular formula is C13H24N2O2+2. The first-order valence-corrected chi connectivity index (χ1v) is 6.33. The third-order valence-electron chi connectivity index (χ3n) is 2.35. The van der Waals surface area contributed by atoms with E-state index in [0.29, 0.717) is 6.61 Å². The van der Waals surface area contributed by atoms with E-state index in [2.05, 4.69) is 11.1 Å². The van der Waals surface area contributed by atoms with Gasteiger partial charge < -0.3 is 20.5 Å². The lowest BCUT2D eigenvalue weighted by atomic mass is 10.3. The van der Waals surface area contributed by atoms with E-state index in [0.717, 1.165) is 44.2 Å². The Morgan fingerprint density at radius 1 is 1.18 bits per heavy atom. The number of rotatable bonds is 9. The fourth-order valence-corrected chi connectivity index (χ4v) is 1.53. The van der Waals surface area contributed by atoms with Crippen LogP contribution in [0.5, 0.6) is 11.5 Å². The Balaban J connectivity index is 2.19.